The lowest BCUT2D eigenvalue weighted by atomic mass is 9.79. The molecule has 12 heteroatoms. The zero-order chi connectivity index (χ0) is 22.5. The molecule has 3 aromatic heterocycles. The molecule has 0 unspecified atom stereocenters. The van der Waals surface area contributed by atoms with E-state index in [4.69, 9.17) is 4.74 Å². The highest BCUT2D eigenvalue weighted by molar-refractivity contribution is 5.62. The number of nitrogens with one attached hydrogen (secondary N) is 2. The van der Waals surface area contributed by atoms with Crippen LogP contribution in [-0.4, -0.2) is 62.9 Å². The minimum absolute atomic E-state index is 0.0695. The second kappa shape index (κ2) is 7.84. The number of nitrogens with zero attached hydrogens (tertiary/aromatic N) is 5. The van der Waals surface area contributed by atoms with Gasteiger partial charge in [0.15, 0.2) is 11.5 Å². The van der Waals surface area contributed by atoms with Crippen LogP contribution in [0.15, 0.2) is 18.5 Å². The quantitative estimate of drug-likeness (QED) is 0.577. The van der Waals surface area contributed by atoms with Gasteiger partial charge in [-0.05, 0) is 13.0 Å². The summed E-state index contributed by atoms with van der Waals surface area (Å²) >= 11 is 0. The molecule has 2 aliphatic rings. The Hall–Kier alpha value is -3.02. The Bertz CT molecular complexity index is 1150. The van der Waals surface area contributed by atoms with Crippen LogP contribution in [0.5, 0.6) is 5.75 Å². The van der Waals surface area contributed by atoms with Crippen LogP contribution < -0.4 is 15.4 Å². The normalized spacial score (nSPS) is 23.2. The van der Waals surface area contributed by atoms with Crippen molar-refractivity contribution in [2.24, 2.45) is 0 Å². The molecule has 0 radical (unpaired) electrons. The number of hydrogen-bond acceptors (Lipinski definition) is 7. The smallest absolute Gasteiger partial charge is 0.249 e. The fraction of sp³-hybridized carbons (Fsp3) is 0.500. The van der Waals surface area contributed by atoms with Crippen molar-refractivity contribution < 1.29 is 22.3 Å². The number of fused-ring (bicyclic) bond motifs is 1. The van der Waals surface area contributed by atoms with Gasteiger partial charge in [0.05, 0.1) is 25.5 Å². The molecule has 5 rings (SSSR count). The van der Waals surface area contributed by atoms with Gasteiger partial charge in [-0.3, -0.25) is 0 Å². The van der Waals surface area contributed by atoms with E-state index in [1.165, 1.54) is 17.8 Å². The highest BCUT2D eigenvalue weighted by Crippen LogP contribution is 2.49. The van der Waals surface area contributed by atoms with Gasteiger partial charge in [-0.25, -0.2) is 37.0 Å². The van der Waals surface area contributed by atoms with E-state index in [2.05, 4.69) is 30.7 Å². The lowest BCUT2D eigenvalue weighted by Gasteiger charge is -2.34. The number of rotatable bonds is 5. The van der Waals surface area contributed by atoms with Crippen molar-refractivity contribution in [2.45, 2.75) is 43.3 Å². The first-order valence-electron chi connectivity index (χ1n) is 10.3. The van der Waals surface area contributed by atoms with Crippen molar-refractivity contribution in [1.82, 2.24) is 29.9 Å². The number of methoxy groups -OCH3 is 1. The zero-order valence-corrected chi connectivity index (χ0v) is 17.2. The van der Waals surface area contributed by atoms with Crippen LogP contribution in [0, 0.1) is 5.82 Å². The van der Waals surface area contributed by atoms with Gasteiger partial charge in [-0.15, -0.1) is 0 Å². The number of halogens is 4. The van der Waals surface area contributed by atoms with E-state index in [0.29, 0.717) is 36.6 Å². The molecule has 8 nitrogen and oxygen atoms in total. The van der Waals surface area contributed by atoms with E-state index in [1.807, 2.05) is 0 Å². The number of anilines is 1. The molecule has 1 saturated carbocycles. The minimum Gasteiger partial charge on any atom is -0.495 e. The molecule has 2 N–H and O–H groups in total. The number of aromatic nitrogens is 5. The van der Waals surface area contributed by atoms with Gasteiger partial charge in [0.25, 0.3) is 0 Å². The fourth-order valence-electron chi connectivity index (χ4n) is 4.12. The van der Waals surface area contributed by atoms with Crippen molar-refractivity contribution in [3.8, 4) is 17.1 Å². The Kier molecular flexibility index (Phi) is 5.11. The Morgan fingerprint density at radius 3 is 2.78 bits per heavy atom. The van der Waals surface area contributed by atoms with Gasteiger partial charge in [0.2, 0.25) is 11.9 Å². The molecule has 4 heterocycles. The Morgan fingerprint density at radius 1 is 1.25 bits per heavy atom. The van der Waals surface area contributed by atoms with E-state index < -0.39 is 29.9 Å². The first-order chi connectivity index (χ1) is 15.3. The Labute approximate surface area is 180 Å². The van der Waals surface area contributed by atoms with Gasteiger partial charge in [0, 0.05) is 31.4 Å². The van der Waals surface area contributed by atoms with Crippen LogP contribution in [0.25, 0.3) is 17.0 Å². The molecule has 2 fully saturated rings. The second-order valence-corrected chi connectivity index (χ2v) is 8.12. The standard InChI is InChI=1S/C20H21F4N7O/c1-32-15-4-16-26-9-14(31(16)30-17(15)10-5-20(23,24)6-10)18-12(22)7-27-19(29-18)28-13-8-25-3-2-11(13)21/h4,7,9-11,13,25H,2-3,5-6,8H2,1H3,(H,27,28,29)/t11-,13-/m0/s1. The lowest BCUT2D eigenvalue weighted by molar-refractivity contribution is -0.0881. The van der Waals surface area contributed by atoms with E-state index >= 15 is 0 Å². The van der Waals surface area contributed by atoms with Gasteiger partial charge in [-0.2, -0.15) is 5.10 Å². The van der Waals surface area contributed by atoms with E-state index in [9.17, 15) is 17.6 Å². The maximum absolute atomic E-state index is 14.7. The molecule has 0 amide bonds. The number of alkyl halides is 3. The fourth-order valence-corrected chi connectivity index (χ4v) is 4.12. The third kappa shape index (κ3) is 3.72. The van der Waals surface area contributed by atoms with Crippen LogP contribution in [0.2, 0.25) is 0 Å². The molecule has 0 aromatic carbocycles. The van der Waals surface area contributed by atoms with Gasteiger partial charge in [-0.1, -0.05) is 0 Å². The maximum atomic E-state index is 14.7. The number of piperidine rings is 1. The average molecular weight is 451 g/mol. The molecule has 0 spiro atoms. The molecule has 170 valence electrons. The summed E-state index contributed by atoms with van der Waals surface area (Å²) in [6.07, 6.45) is 0.985. The monoisotopic (exact) mass is 451 g/mol. The zero-order valence-electron chi connectivity index (χ0n) is 17.2. The summed E-state index contributed by atoms with van der Waals surface area (Å²) in [5, 5.41) is 10.4. The molecular weight excluding hydrogens is 430 g/mol. The number of ether oxygens (including phenoxy) is 1. The number of hydrogen-bond donors (Lipinski definition) is 2. The molecule has 1 saturated heterocycles. The van der Waals surface area contributed by atoms with Gasteiger partial charge < -0.3 is 15.4 Å². The molecule has 3 aromatic rings. The predicted molar refractivity (Wildman–Crippen MR) is 107 cm³/mol. The van der Waals surface area contributed by atoms with Crippen LogP contribution in [0.4, 0.5) is 23.5 Å². The van der Waals surface area contributed by atoms with Crippen molar-refractivity contribution in [2.75, 3.05) is 25.5 Å². The second-order valence-electron chi connectivity index (χ2n) is 8.12. The van der Waals surface area contributed by atoms with Crippen LogP contribution in [0.1, 0.15) is 30.9 Å². The SMILES string of the molecule is COc1cc2ncc(-c3nc(N[C@H]4CNCC[C@@H]4F)ncc3F)n2nc1C1CC(F)(F)C1. The Balaban J connectivity index is 1.51. The summed E-state index contributed by atoms with van der Waals surface area (Å²) in [4.78, 5) is 12.4. The first kappa shape index (κ1) is 20.9. The van der Waals surface area contributed by atoms with Gasteiger partial charge in [0.1, 0.15) is 29.0 Å². The minimum atomic E-state index is -2.73. The van der Waals surface area contributed by atoms with Crippen molar-refractivity contribution in [3.63, 3.8) is 0 Å². The third-order valence-electron chi connectivity index (χ3n) is 5.88. The van der Waals surface area contributed by atoms with E-state index in [1.54, 1.807) is 6.07 Å². The molecule has 1 aliphatic carbocycles. The van der Waals surface area contributed by atoms with Crippen molar-refractivity contribution >= 4 is 11.6 Å². The molecule has 0 bridgehead atoms. The summed E-state index contributed by atoms with van der Waals surface area (Å²) in [6, 6.07) is 1.03. The topological polar surface area (TPSA) is 89.3 Å². The lowest BCUT2D eigenvalue weighted by Crippen LogP contribution is -2.46. The summed E-state index contributed by atoms with van der Waals surface area (Å²) in [5.74, 6) is -3.51. The largest absolute Gasteiger partial charge is 0.495 e. The Morgan fingerprint density at radius 2 is 2.06 bits per heavy atom. The van der Waals surface area contributed by atoms with Crippen molar-refractivity contribution in [3.05, 3.63) is 30.0 Å². The highest BCUT2D eigenvalue weighted by Gasteiger charge is 2.48. The van der Waals surface area contributed by atoms with E-state index in [0.717, 1.165) is 6.20 Å². The third-order valence-corrected chi connectivity index (χ3v) is 5.88. The number of imidazole rings is 1. The predicted octanol–water partition coefficient (Wildman–Crippen LogP) is 2.96. The first-order valence-corrected chi connectivity index (χ1v) is 10.3. The molecular formula is C20H21F4N7O. The summed E-state index contributed by atoms with van der Waals surface area (Å²) < 4.78 is 62.4. The van der Waals surface area contributed by atoms with Crippen LogP contribution in [0.3, 0.4) is 0 Å². The van der Waals surface area contributed by atoms with Crippen molar-refractivity contribution in [1.29, 1.82) is 0 Å². The summed E-state index contributed by atoms with van der Waals surface area (Å²) in [5.41, 5.74) is 0.833. The average Bonchev–Trinajstić information content (AvgIpc) is 3.16. The summed E-state index contributed by atoms with van der Waals surface area (Å²) in [6.45, 7) is 0.977. The highest BCUT2D eigenvalue weighted by atomic mass is 19.3. The maximum Gasteiger partial charge on any atom is 0.249 e. The van der Waals surface area contributed by atoms with Gasteiger partial charge >= 0.3 is 0 Å². The molecule has 32 heavy (non-hydrogen) atoms. The molecule has 2 atom stereocenters. The van der Waals surface area contributed by atoms with E-state index in [-0.39, 0.29) is 30.2 Å². The summed E-state index contributed by atoms with van der Waals surface area (Å²) in [7, 11) is 1.43. The molecule has 1 aliphatic heterocycles. The van der Waals surface area contributed by atoms with Crippen LogP contribution >= 0.6 is 0 Å². The van der Waals surface area contributed by atoms with Crippen LogP contribution in [-0.2, 0) is 0 Å².